The zero-order valence-corrected chi connectivity index (χ0v) is 12.7. The molecule has 100 valence electrons. The highest BCUT2D eigenvalue weighted by Gasteiger charge is 2.22. The summed E-state index contributed by atoms with van der Waals surface area (Å²) in [5.74, 6) is 1.06. The van der Waals surface area contributed by atoms with Crippen molar-refractivity contribution in [3.63, 3.8) is 0 Å². The largest absolute Gasteiger partial charge is 0.376 e. The summed E-state index contributed by atoms with van der Waals surface area (Å²) in [6, 6.07) is 2.03. The quantitative estimate of drug-likeness (QED) is 0.850. The SMILES string of the molecule is CCCOC1CCCN(c2nccc(C)c2Br)C1. The first-order valence-corrected chi connectivity index (χ1v) is 7.49. The molecule has 0 bridgehead atoms. The third-order valence-electron chi connectivity index (χ3n) is 3.30. The Bertz CT molecular complexity index is 397. The Morgan fingerprint density at radius 1 is 1.56 bits per heavy atom. The van der Waals surface area contributed by atoms with Gasteiger partial charge in [0, 0.05) is 25.9 Å². The lowest BCUT2D eigenvalue weighted by Gasteiger charge is -2.34. The first-order chi connectivity index (χ1) is 8.72. The van der Waals surface area contributed by atoms with Gasteiger partial charge in [-0.15, -0.1) is 0 Å². The number of rotatable bonds is 4. The molecule has 2 rings (SSSR count). The zero-order chi connectivity index (χ0) is 13.0. The van der Waals surface area contributed by atoms with Crippen LogP contribution in [-0.2, 0) is 4.74 Å². The van der Waals surface area contributed by atoms with Gasteiger partial charge in [0.15, 0.2) is 0 Å². The number of halogens is 1. The van der Waals surface area contributed by atoms with E-state index in [-0.39, 0.29) is 0 Å². The number of pyridine rings is 1. The summed E-state index contributed by atoms with van der Waals surface area (Å²) in [7, 11) is 0. The second-order valence-electron chi connectivity index (χ2n) is 4.85. The van der Waals surface area contributed by atoms with E-state index in [0.29, 0.717) is 6.10 Å². The van der Waals surface area contributed by atoms with Crippen LogP contribution in [0.2, 0.25) is 0 Å². The van der Waals surface area contributed by atoms with E-state index in [0.717, 1.165) is 36.4 Å². The van der Waals surface area contributed by atoms with Crippen molar-refractivity contribution in [1.82, 2.24) is 4.98 Å². The van der Waals surface area contributed by atoms with Gasteiger partial charge in [-0.3, -0.25) is 0 Å². The maximum Gasteiger partial charge on any atom is 0.143 e. The summed E-state index contributed by atoms with van der Waals surface area (Å²) >= 11 is 3.64. The van der Waals surface area contributed by atoms with E-state index >= 15 is 0 Å². The van der Waals surface area contributed by atoms with Gasteiger partial charge in [0.1, 0.15) is 5.82 Å². The number of nitrogens with zero attached hydrogens (tertiary/aromatic N) is 2. The Morgan fingerprint density at radius 3 is 3.17 bits per heavy atom. The number of hydrogen-bond acceptors (Lipinski definition) is 3. The second kappa shape index (κ2) is 6.53. The molecule has 0 aromatic carbocycles. The van der Waals surface area contributed by atoms with Crippen LogP contribution < -0.4 is 4.90 Å². The minimum absolute atomic E-state index is 0.355. The normalized spacial score (nSPS) is 20.2. The average Bonchev–Trinajstić information content (AvgIpc) is 2.40. The van der Waals surface area contributed by atoms with Crippen molar-refractivity contribution in [3.8, 4) is 0 Å². The molecule has 18 heavy (non-hydrogen) atoms. The van der Waals surface area contributed by atoms with E-state index in [1.165, 1.54) is 18.4 Å². The second-order valence-corrected chi connectivity index (χ2v) is 5.64. The van der Waals surface area contributed by atoms with E-state index in [2.05, 4.69) is 39.7 Å². The highest BCUT2D eigenvalue weighted by atomic mass is 79.9. The van der Waals surface area contributed by atoms with Crippen LogP contribution in [0.15, 0.2) is 16.7 Å². The fraction of sp³-hybridized carbons (Fsp3) is 0.643. The minimum Gasteiger partial charge on any atom is -0.376 e. The molecule has 0 aliphatic carbocycles. The summed E-state index contributed by atoms with van der Waals surface area (Å²) in [5.41, 5.74) is 1.23. The van der Waals surface area contributed by atoms with Gasteiger partial charge in [0.05, 0.1) is 10.6 Å². The number of aromatic nitrogens is 1. The Hall–Kier alpha value is -0.610. The molecule has 1 atom stereocenters. The van der Waals surface area contributed by atoms with Crippen molar-refractivity contribution in [2.75, 3.05) is 24.6 Å². The van der Waals surface area contributed by atoms with Crippen molar-refractivity contribution < 1.29 is 4.74 Å². The third-order valence-corrected chi connectivity index (χ3v) is 4.28. The molecule has 1 aliphatic heterocycles. The van der Waals surface area contributed by atoms with E-state index in [1.807, 2.05) is 12.3 Å². The molecule has 1 saturated heterocycles. The maximum atomic E-state index is 5.87. The lowest BCUT2D eigenvalue weighted by Crippen LogP contribution is -2.40. The summed E-state index contributed by atoms with van der Waals surface area (Å²) < 4.78 is 6.98. The number of ether oxygens (including phenoxy) is 1. The van der Waals surface area contributed by atoms with Crippen LogP contribution in [0.25, 0.3) is 0 Å². The molecule has 1 fully saturated rings. The van der Waals surface area contributed by atoms with Crippen LogP contribution in [0.4, 0.5) is 5.82 Å². The van der Waals surface area contributed by atoms with Crippen LogP contribution in [-0.4, -0.2) is 30.8 Å². The number of piperidine rings is 1. The van der Waals surface area contributed by atoms with Crippen molar-refractivity contribution in [1.29, 1.82) is 0 Å². The number of anilines is 1. The highest BCUT2D eigenvalue weighted by Crippen LogP contribution is 2.29. The van der Waals surface area contributed by atoms with Crippen LogP contribution in [0, 0.1) is 6.92 Å². The first kappa shape index (κ1) is 13.8. The van der Waals surface area contributed by atoms with Crippen molar-refractivity contribution in [2.24, 2.45) is 0 Å². The van der Waals surface area contributed by atoms with Crippen LogP contribution in [0.1, 0.15) is 31.7 Å². The van der Waals surface area contributed by atoms with Crippen LogP contribution in [0.3, 0.4) is 0 Å². The van der Waals surface area contributed by atoms with E-state index in [1.54, 1.807) is 0 Å². The van der Waals surface area contributed by atoms with E-state index in [4.69, 9.17) is 4.74 Å². The van der Waals surface area contributed by atoms with Crippen molar-refractivity contribution >= 4 is 21.7 Å². The molecule has 0 saturated carbocycles. The minimum atomic E-state index is 0.355. The highest BCUT2D eigenvalue weighted by molar-refractivity contribution is 9.10. The van der Waals surface area contributed by atoms with Gasteiger partial charge in [-0.1, -0.05) is 6.92 Å². The van der Waals surface area contributed by atoms with E-state index < -0.39 is 0 Å². The summed E-state index contributed by atoms with van der Waals surface area (Å²) in [6.07, 6.45) is 5.67. The molecule has 0 radical (unpaired) electrons. The molecule has 2 heterocycles. The van der Waals surface area contributed by atoms with Crippen molar-refractivity contribution in [2.45, 2.75) is 39.2 Å². The zero-order valence-electron chi connectivity index (χ0n) is 11.2. The first-order valence-electron chi connectivity index (χ1n) is 6.70. The summed E-state index contributed by atoms with van der Waals surface area (Å²) in [4.78, 5) is 6.84. The summed E-state index contributed by atoms with van der Waals surface area (Å²) in [6.45, 7) is 7.14. The lowest BCUT2D eigenvalue weighted by atomic mass is 10.1. The van der Waals surface area contributed by atoms with Gasteiger partial charge < -0.3 is 9.64 Å². The van der Waals surface area contributed by atoms with Gasteiger partial charge in [-0.25, -0.2) is 4.98 Å². The Morgan fingerprint density at radius 2 is 2.39 bits per heavy atom. The molecule has 4 heteroatoms. The molecule has 1 aliphatic rings. The molecule has 0 spiro atoms. The molecular formula is C14H21BrN2O. The van der Waals surface area contributed by atoms with E-state index in [9.17, 15) is 0 Å². The predicted octanol–water partition coefficient (Wildman–Crippen LogP) is 3.55. The van der Waals surface area contributed by atoms with Gasteiger partial charge in [0.25, 0.3) is 0 Å². The Kier molecular flexibility index (Phi) is 5.01. The van der Waals surface area contributed by atoms with Gasteiger partial charge in [0.2, 0.25) is 0 Å². The molecular weight excluding hydrogens is 292 g/mol. The fourth-order valence-corrected chi connectivity index (χ4v) is 2.78. The monoisotopic (exact) mass is 312 g/mol. The van der Waals surface area contributed by atoms with Gasteiger partial charge in [-0.05, 0) is 53.7 Å². The number of aryl methyl sites for hydroxylation is 1. The number of hydrogen-bond donors (Lipinski definition) is 0. The smallest absolute Gasteiger partial charge is 0.143 e. The van der Waals surface area contributed by atoms with Gasteiger partial charge >= 0.3 is 0 Å². The standard InChI is InChI=1S/C14H21BrN2O/c1-3-9-18-12-5-4-8-17(10-12)14-13(15)11(2)6-7-16-14/h6-7,12H,3-5,8-10H2,1-2H3. The summed E-state index contributed by atoms with van der Waals surface area (Å²) in [5, 5.41) is 0. The Balaban J connectivity index is 2.06. The molecule has 0 amide bonds. The predicted molar refractivity (Wildman–Crippen MR) is 78.2 cm³/mol. The molecule has 1 unspecified atom stereocenters. The average molecular weight is 313 g/mol. The third kappa shape index (κ3) is 3.23. The topological polar surface area (TPSA) is 25.4 Å². The van der Waals surface area contributed by atoms with Crippen LogP contribution in [0.5, 0.6) is 0 Å². The molecule has 1 aromatic rings. The van der Waals surface area contributed by atoms with Crippen LogP contribution >= 0.6 is 15.9 Å². The Labute approximate surface area is 118 Å². The lowest BCUT2D eigenvalue weighted by molar-refractivity contribution is 0.0439. The molecule has 3 nitrogen and oxygen atoms in total. The fourth-order valence-electron chi connectivity index (χ4n) is 2.30. The maximum absolute atomic E-state index is 5.87. The van der Waals surface area contributed by atoms with Gasteiger partial charge in [-0.2, -0.15) is 0 Å². The molecule has 1 aromatic heterocycles. The van der Waals surface area contributed by atoms with Crippen molar-refractivity contribution in [3.05, 3.63) is 22.3 Å². The molecule has 0 N–H and O–H groups in total.